The highest BCUT2D eigenvalue weighted by Gasteiger charge is 2.23. The van der Waals surface area contributed by atoms with E-state index in [4.69, 9.17) is 5.73 Å². The number of hydrogen-bond acceptors (Lipinski definition) is 3. The van der Waals surface area contributed by atoms with E-state index in [0.29, 0.717) is 12.1 Å². The van der Waals surface area contributed by atoms with Crippen LogP contribution >= 0.6 is 27.3 Å². The van der Waals surface area contributed by atoms with E-state index in [2.05, 4.69) is 21.2 Å². The zero-order chi connectivity index (χ0) is 13.1. The maximum absolute atomic E-state index is 11.6. The van der Waals surface area contributed by atoms with Crippen molar-refractivity contribution in [1.29, 1.82) is 0 Å². The quantitative estimate of drug-likeness (QED) is 0.825. The van der Waals surface area contributed by atoms with Gasteiger partial charge >= 0.3 is 0 Å². The van der Waals surface area contributed by atoms with E-state index in [9.17, 15) is 9.59 Å². The molecule has 6 heteroatoms. The Morgan fingerprint density at radius 3 is 2.72 bits per heavy atom. The van der Waals surface area contributed by atoms with Gasteiger partial charge in [-0.25, -0.2) is 0 Å². The average molecular weight is 331 g/mol. The number of thiophene rings is 1. The summed E-state index contributed by atoms with van der Waals surface area (Å²) in [5, 5.41) is 3.04. The second-order valence-electron chi connectivity index (χ2n) is 4.28. The zero-order valence-corrected chi connectivity index (χ0v) is 12.3. The molecule has 1 aromatic heterocycles. The Balaban J connectivity index is 2.26. The molecule has 18 heavy (non-hydrogen) atoms. The van der Waals surface area contributed by atoms with Crippen LogP contribution in [-0.4, -0.2) is 17.1 Å². The van der Waals surface area contributed by atoms with Gasteiger partial charge in [0.1, 0.15) is 0 Å². The Hall–Kier alpha value is -0.880. The van der Waals surface area contributed by atoms with Crippen LogP contribution in [0.25, 0.3) is 0 Å². The molecule has 0 aliphatic heterocycles. The SMILES string of the molecule is NC(=O)c1c(CNC(=O)CBr)sc2c1CCCC2. The monoisotopic (exact) mass is 330 g/mol. The van der Waals surface area contributed by atoms with Gasteiger partial charge in [-0.2, -0.15) is 0 Å². The minimum Gasteiger partial charge on any atom is -0.366 e. The highest BCUT2D eigenvalue weighted by molar-refractivity contribution is 9.09. The summed E-state index contributed by atoms with van der Waals surface area (Å²) in [5.74, 6) is -0.464. The van der Waals surface area contributed by atoms with Crippen LogP contribution in [0.2, 0.25) is 0 Å². The number of carbonyl (C=O) groups excluding carboxylic acids is 2. The van der Waals surface area contributed by atoms with E-state index < -0.39 is 0 Å². The van der Waals surface area contributed by atoms with Gasteiger partial charge in [0.2, 0.25) is 11.8 Å². The Morgan fingerprint density at radius 2 is 2.06 bits per heavy atom. The van der Waals surface area contributed by atoms with Crippen molar-refractivity contribution in [3.63, 3.8) is 0 Å². The van der Waals surface area contributed by atoms with Crippen LogP contribution in [0.4, 0.5) is 0 Å². The summed E-state index contributed by atoms with van der Waals surface area (Å²) in [6.07, 6.45) is 4.22. The van der Waals surface area contributed by atoms with Crippen LogP contribution in [0.1, 0.15) is 38.5 Å². The molecule has 1 heterocycles. The molecule has 0 saturated heterocycles. The molecule has 0 spiro atoms. The zero-order valence-electron chi connectivity index (χ0n) is 9.92. The molecule has 1 aromatic rings. The molecule has 0 atom stereocenters. The number of halogens is 1. The van der Waals surface area contributed by atoms with Gasteiger partial charge in [-0.05, 0) is 31.2 Å². The Morgan fingerprint density at radius 1 is 1.33 bits per heavy atom. The molecule has 2 rings (SSSR count). The molecule has 3 N–H and O–H groups in total. The van der Waals surface area contributed by atoms with Crippen molar-refractivity contribution in [1.82, 2.24) is 5.32 Å². The number of nitrogens with one attached hydrogen (secondary N) is 1. The summed E-state index contributed by atoms with van der Waals surface area (Å²) in [6.45, 7) is 0.389. The summed E-state index contributed by atoms with van der Waals surface area (Å²) in [5.41, 5.74) is 7.22. The fourth-order valence-corrected chi connectivity index (χ4v) is 3.80. The second kappa shape index (κ2) is 5.84. The molecular weight excluding hydrogens is 316 g/mol. The minimum absolute atomic E-state index is 0.0863. The first-order chi connectivity index (χ1) is 8.63. The normalized spacial score (nSPS) is 14.1. The fourth-order valence-electron chi connectivity index (χ4n) is 2.26. The third-order valence-electron chi connectivity index (χ3n) is 3.06. The van der Waals surface area contributed by atoms with Gasteiger partial charge in [0.05, 0.1) is 17.4 Å². The van der Waals surface area contributed by atoms with Crippen molar-refractivity contribution < 1.29 is 9.59 Å². The first-order valence-corrected chi connectivity index (χ1v) is 7.83. The number of carbonyl (C=O) groups is 2. The third kappa shape index (κ3) is 2.75. The van der Waals surface area contributed by atoms with E-state index >= 15 is 0 Å². The summed E-state index contributed by atoms with van der Waals surface area (Å²) >= 11 is 4.70. The van der Waals surface area contributed by atoms with Crippen molar-refractivity contribution in [3.8, 4) is 0 Å². The second-order valence-corrected chi connectivity index (χ2v) is 6.03. The number of hydrogen-bond donors (Lipinski definition) is 2. The molecule has 0 aromatic carbocycles. The van der Waals surface area contributed by atoms with Crippen molar-refractivity contribution in [2.24, 2.45) is 5.73 Å². The number of nitrogens with two attached hydrogens (primary N) is 1. The molecule has 0 radical (unpaired) electrons. The first kappa shape index (κ1) is 13.5. The number of primary amides is 1. The van der Waals surface area contributed by atoms with Crippen molar-refractivity contribution in [2.75, 3.05) is 5.33 Å². The van der Waals surface area contributed by atoms with Crippen LogP contribution in [0.15, 0.2) is 0 Å². The van der Waals surface area contributed by atoms with E-state index in [-0.39, 0.29) is 17.1 Å². The summed E-state index contributed by atoms with van der Waals surface area (Å²) < 4.78 is 0. The first-order valence-electron chi connectivity index (χ1n) is 5.89. The molecule has 4 nitrogen and oxygen atoms in total. The summed E-state index contributed by atoms with van der Waals surface area (Å²) in [7, 11) is 0. The lowest BCUT2D eigenvalue weighted by molar-refractivity contribution is -0.118. The molecule has 1 aliphatic rings. The number of aryl methyl sites for hydroxylation is 1. The molecule has 0 bridgehead atoms. The molecule has 98 valence electrons. The van der Waals surface area contributed by atoms with Crippen molar-refractivity contribution in [3.05, 3.63) is 20.9 Å². The molecular formula is C12H15BrN2O2S. The molecule has 0 saturated carbocycles. The number of fused-ring (bicyclic) bond motifs is 1. The molecule has 0 fully saturated rings. The Bertz CT molecular complexity index is 485. The van der Waals surface area contributed by atoms with E-state index in [1.165, 1.54) is 11.3 Å². The summed E-state index contributed by atoms with van der Waals surface area (Å²) in [4.78, 5) is 25.0. The average Bonchev–Trinajstić information content (AvgIpc) is 2.74. The standard InChI is InChI=1S/C12H15BrN2O2S/c13-5-10(16)15-6-9-11(12(14)17)7-3-1-2-4-8(7)18-9/h1-6H2,(H2,14,17)(H,15,16). The maximum Gasteiger partial charge on any atom is 0.250 e. The van der Waals surface area contributed by atoms with Crippen molar-refractivity contribution >= 4 is 39.1 Å². The van der Waals surface area contributed by atoms with E-state index in [1.807, 2.05) is 0 Å². The van der Waals surface area contributed by atoms with E-state index in [0.717, 1.165) is 29.7 Å². The summed E-state index contributed by atoms with van der Waals surface area (Å²) in [6, 6.07) is 0. The van der Waals surface area contributed by atoms with Gasteiger partial charge in [0.25, 0.3) is 0 Å². The van der Waals surface area contributed by atoms with Gasteiger partial charge in [0, 0.05) is 9.75 Å². The Labute approximate surface area is 118 Å². The third-order valence-corrected chi connectivity index (χ3v) is 4.86. The highest BCUT2D eigenvalue weighted by Crippen LogP contribution is 2.34. The van der Waals surface area contributed by atoms with Gasteiger partial charge in [0.15, 0.2) is 0 Å². The largest absolute Gasteiger partial charge is 0.366 e. The minimum atomic E-state index is -0.377. The van der Waals surface area contributed by atoms with Crippen LogP contribution in [0.3, 0.4) is 0 Å². The lowest BCUT2D eigenvalue weighted by Gasteiger charge is -2.11. The number of rotatable bonds is 4. The van der Waals surface area contributed by atoms with Crippen LogP contribution in [0, 0.1) is 0 Å². The molecule has 2 amide bonds. The van der Waals surface area contributed by atoms with Gasteiger partial charge in [-0.1, -0.05) is 15.9 Å². The molecule has 1 aliphatic carbocycles. The topological polar surface area (TPSA) is 72.2 Å². The predicted octanol–water partition coefficient (Wildman–Crippen LogP) is 1.74. The predicted molar refractivity (Wildman–Crippen MR) is 75.1 cm³/mol. The van der Waals surface area contributed by atoms with Crippen LogP contribution < -0.4 is 11.1 Å². The van der Waals surface area contributed by atoms with Crippen molar-refractivity contribution in [2.45, 2.75) is 32.2 Å². The molecule has 0 unspecified atom stereocenters. The lowest BCUT2D eigenvalue weighted by Crippen LogP contribution is -2.25. The highest BCUT2D eigenvalue weighted by atomic mass is 79.9. The number of amides is 2. The number of alkyl halides is 1. The van der Waals surface area contributed by atoms with Crippen LogP contribution in [0.5, 0.6) is 0 Å². The lowest BCUT2D eigenvalue weighted by atomic mass is 9.94. The van der Waals surface area contributed by atoms with Gasteiger partial charge in [-0.3, -0.25) is 9.59 Å². The smallest absolute Gasteiger partial charge is 0.250 e. The van der Waals surface area contributed by atoms with Gasteiger partial charge in [-0.15, -0.1) is 11.3 Å². The van der Waals surface area contributed by atoms with Crippen LogP contribution in [-0.2, 0) is 24.2 Å². The van der Waals surface area contributed by atoms with E-state index in [1.54, 1.807) is 11.3 Å². The Kier molecular flexibility index (Phi) is 4.40. The van der Waals surface area contributed by atoms with Gasteiger partial charge < -0.3 is 11.1 Å². The fraction of sp³-hybridized carbons (Fsp3) is 0.500. The maximum atomic E-state index is 11.6.